The first-order chi connectivity index (χ1) is 9.00. The molecule has 19 heavy (non-hydrogen) atoms. The number of benzene rings is 1. The first-order valence-corrected chi connectivity index (χ1v) is 6.60. The number of nitrogens with one attached hydrogen (secondary N) is 1. The molecule has 0 fully saturated rings. The fourth-order valence-corrected chi connectivity index (χ4v) is 2.35. The van der Waals surface area contributed by atoms with Gasteiger partial charge in [-0.15, -0.1) is 0 Å². The molecule has 0 bridgehead atoms. The van der Waals surface area contributed by atoms with Crippen LogP contribution in [0.25, 0.3) is 0 Å². The fraction of sp³-hybridized carbons (Fsp3) is 0.429. The third-order valence-corrected chi connectivity index (χ3v) is 3.59. The normalized spacial score (nSPS) is 22.5. The summed E-state index contributed by atoms with van der Waals surface area (Å²) >= 11 is 6.05. The molecule has 102 valence electrons. The average Bonchev–Trinajstić information content (AvgIpc) is 2.37. The Bertz CT molecular complexity index is 526. The number of fused-ring (bicyclic) bond motifs is 1. The molecule has 0 saturated heterocycles. The fourth-order valence-electron chi connectivity index (χ4n) is 2.18. The van der Waals surface area contributed by atoms with Gasteiger partial charge in [0.15, 0.2) is 0 Å². The van der Waals surface area contributed by atoms with Gasteiger partial charge < -0.3 is 14.9 Å². The highest BCUT2D eigenvalue weighted by Gasteiger charge is 2.41. The molecule has 0 saturated carbocycles. The van der Waals surface area contributed by atoms with Gasteiger partial charge in [0.25, 0.3) is 0 Å². The largest absolute Gasteiger partial charge is 0.396 e. The van der Waals surface area contributed by atoms with Crippen LogP contribution in [0.5, 0.6) is 0 Å². The van der Waals surface area contributed by atoms with E-state index in [4.69, 9.17) is 16.4 Å². The van der Waals surface area contributed by atoms with E-state index < -0.39 is 5.41 Å². The van der Waals surface area contributed by atoms with Crippen LogP contribution in [0.4, 0.5) is 5.69 Å². The van der Waals surface area contributed by atoms with E-state index in [0.29, 0.717) is 11.6 Å². The number of carbonyl (C=O) groups excluding carboxylic acids is 1. The van der Waals surface area contributed by atoms with E-state index >= 15 is 0 Å². The summed E-state index contributed by atoms with van der Waals surface area (Å²) in [5.41, 5.74) is 2.00. The molecule has 1 atom stereocenters. The van der Waals surface area contributed by atoms with Crippen LogP contribution in [-0.2, 0) is 9.63 Å². The topological polar surface area (TPSA) is 50.7 Å². The number of rotatable bonds is 3. The van der Waals surface area contributed by atoms with Crippen LogP contribution in [0.3, 0.4) is 0 Å². The second-order valence-electron chi connectivity index (χ2n) is 5.03. The van der Waals surface area contributed by atoms with Gasteiger partial charge in [-0.25, -0.2) is 0 Å². The smallest absolute Gasteiger partial charge is 0.143 e. The maximum atomic E-state index is 11.3. The molecule has 1 heterocycles. The van der Waals surface area contributed by atoms with E-state index in [1.54, 1.807) is 6.07 Å². The minimum absolute atomic E-state index is 0.347. The highest BCUT2D eigenvalue weighted by Crippen LogP contribution is 2.37. The van der Waals surface area contributed by atoms with Crippen LogP contribution < -0.4 is 5.32 Å². The van der Waals surface area contributed by atoms with Gasteiger partial charge in [0.1, 0.15) is 12.9 Å². The minimum atomic E-state index is -0.464. The Morgan fingerprint density at radius 1 is 1.53 bits per heavy atom. The van der Waals surface area contributed by atoms with Crippen molar-refractivity contribution < 1.29 is 9.63 Å². The number of carbonyl (C=O) groups is 1. The molecule has 0 aliphatic carbocycles. The molecule has 4 nitrogen and oxygen atoms in total. The zero-order valence-electron chi connectivity index (χ0n) is 11.2. The minimum Gasteiger partial charge on any atom is -0.396 e. The summed E-state index contributed by atoms with van der Waals surface area (Å²) in [6, 6.07) is 5.13. The molecule has 1 aromatic rings. The zero-order chi connectivity index (χ0) is 14.0. The van der Waals surface area contributed by atoms with E-state index in [0.717, 1.165) is 23.2 Å². The summed E-state index contributed by atoms with van der Waals surface area (Å²) < 4.78 is 0. The summed E-state index contributed by atoms with van der Waals surface area (Å²) in [7, 11) is 0. The van der Waals surface area contributed by atoms with Gasteiger partial charge in [-0.3, -0.25) is 0 Å². The van der Waals surface area contributed by atoms with E-state index in [1.165, 1.54) is 0 Å². The zero-order valence-corrected chi connectivity index (χ0v) is 12.0. The van der Waals surface area contributed by atoms with Crippen LogP contribution in [-0.4, -0.2) is 24.6 Å². The second-order valence-corrected chi connectivity index (χ2v) is 5.46. The van der Waals surface area contributed by atoms with Gasteiger partial charge in [-0.05, 0) is 25.1 Å². The van der Waals surface area contributed by atoms with E-state index in [-0.39, 0.29) is 6.04 Å². The summed E-state index contributed by atoms with van der Waals surface area (Å²) in [5, 5.41) is 8.03. The van der Waals surface area contributed by atoms with Crippen LogP contribution >= 0.6 is 11.6 Å². The van der Waals surface area contributed by atoms with Gasteiger partial charge in [-0.2, -0.15) is 0 Å². The van der Waals surface area contributed by atoms with Crippen LogP contribution in [0.2, 0.25) is 5.02 Å². The molecular weight excluding hydrogens is 264 g/mol. The summed E-state index contributed by atoms with van der Waals surface area (Å²) in [5.74, 6) is 0. The Hall–Kier alpha value is -1.55. The molecule has 0 spiro atoms. The molecule has 1 aliphatic heterocycles. The second kappa shape index (κ2) is 5.21. The highest BCUT2D eigenvalue weighted by molar-refractivity contribution is 6.31. The summed E-state index contributed by atoms with van der Waals surface area (Å²) in [6.07, 6.45) is 0.902. The number of hydrogen-bond acceptors (Lipinski definition) is 4. The molecule has 0 amide bonds. The average molecular weight is 281 g/mol. The first kappa shape index (κ1) is 13.9. The molecule has 1 aliphatic rings. The Kier molecular flexibility index (Phi) is 3.80. The van der Waals surface area contributed by atoms with Gasteiger partial charge >= 0.3 is 0 Å². The SMILES string of the molecule is CCO/N=C1/c2cc(Cl)ccc2NC(C=O)C1(C)C. The quantitative estimate of drug-likeness (QED) is 0.684. The predicted octanol–water partition coefficient (Wildman–Crippen LogP) is 3.10. The first-order valence-electron chi connectivity index (χ1n) is 6.23. The van der Waals surface area contributed by atoms with E-state index in [1.807, 2.05) is 32.9 Å². The number of anilines is 1. The van der Waals surface area contributed by atoms with Gasteiger partial charge in [0.2, 0.25) is 0 Å². The maximum absolute atomic E-state index is 11.3. The summed E-state index contributed by atoms with van der Waals surface area (Å²) in [4.78, 5) is 16.5. The lowest BCUT2D eigenvalue weighted by Gasteiger charge is -2.38. The maximum Gasteiger partial charge on any atom is 0.143 e. The number of halogens is 1. The lowest BCUT2D eigenvalue weighted by Crippen LogP contribution is -2.47. The monoisotopic (exact) mass is 280 g/mol. The molecule has 1 N–H and O–H groups in total. The van der Waals surface area contributed by atoms with Crippen molar-refractivity contribution in [3.63, 3.8) is 0 Å². The predicted molar refractivity (Wildman–Crippen MR) is 76.9 cm³/mol. The van der Waals surface area contributed by atoms with E-state index in [2.05, 4.69) is 10.5 Å². The standard InChI is InChI=1S/C14H17ClN2O2/c1-4-19-17-13-10-7-9(15)5-6-11(10)16-12(8-18)14(13,2)3/h5-8,12,16H,4H2,1-3H3/b17-13-. The van der Waals surface area contributed by atoms with Gasteiger partial charge in [0, 0.05) is 21.7 Å². The Morgan fingerprint density at radius 2 is 2.26 bits per heavy atom. The lowest BCUT2D eigenvalue weighted by molar-refractivity contribution is -0.109. The van der Waals surface area contributed by atoms with Crippen molar-refractivity contribution in [3.8, 4) is 0 Å². The molecule has 5 heteroatoms. The van der Waals surface area contributed by atoms with Crippen molar-refractivity contribution in [1.82, 2.24) is 0 Å². The van der Waals surface area contributed by atoms with Crippen molar-refractivity contribution in [2.75, 3.05) is 11.9 Å². The van der Waals surface area contributed by atoms with Crippen molar-refractivity contribution in [1.29, 1.82) is 0 Å². The molecule has 0 aromatic heterocycles. The Labute approximate surface area is 117 Å². The molecule has 0 radical (unpaired) electrons. The summed E-state index contributed by atoms with van der Waals surface area (Å²) in [6.45, 7) is 6.27. The third kappa shape index (κ3) is 2.45. The van der Waals surface area contributed by atoms with Crippen molar-refractivity contribution in [2.24, 2.45) is 10.6 Å². The van der Waals surface area contributed by atoms with Crippen LogP contribution in [0.15, 0.2) is 23.4 Å². The number of nitrogens with zero attached hydrogens (tertiary/aromatic N) is 1. The number of aldehydes is 1. The van der Waals surface area contributed by atoms with Crippen molar-refractivity contribution in [2.45, 2.75) is 26.8 Å². The van der Waals surface area contributed by atoms with Crippen molar-refractivity contribution >= 4 is 29.3 Å². The Morgan fingerprint density at radius 3 is 2.89 bits per heavy atom. The van der Waals surface area contributed by atoms with Gasteiger partial charge in [0.05, 0.1) is 11.8 Å². The van der Waals surface area contributed by atoms with Crippen molar-refractivity contribution in [3.05, 3.63) is 28.8 Å². The molecule has 1 aromatic carbocycles. The third-order valence-electron chi connectivity index (χ3n) is 3.36. The molecular formula is C14H17ClN2O2. The van der Waals surface area contributed by atoms with Crippen LogP contribution in [0.1, 0.15) is 26.3 Å². The Balaban J connectivity index is 2.59. The van der Waals surface area contributed by atoms with E-state index in [9.17, 15) is 4.79 Å². The highest BCUT2D eigenvalue weighted by atomic mass is 35.5. The van der Waals surface area contributed by atoms with Crippen LogP contribution in [0, 0.1) is 5.41 Å². The lowest BCUT2D eigenvalue weighted by atomic mass is 9.74. The molecule has 2 rings (SSSR count). The number of oxime groups is 1. The number of hydrogen-bond donors (Lipinski definition) is 1. The molecule has 1 unspecified atom stereocenters. The van der Waals surface area contributed by atoms with Gasteiger partial charge in [-0.1, -0.05) is 30.6 Å².